The van der Waals surface area contributed by atoms with Crippen LogP contribution in [0.3, 0.4) is 0 Å². The Bertz CT molecular complexity index is 884. The van der Waals surface area contributed by atoms with Crippen molar-refractivity contribution >= 4 is 6.09 Å². The van der Waals surface area contributed by atoms with E-state index in [0.717, 1.165) is 30.8 Å². The van der Waals surface area contributed by atoms with Crippen molar-refractivity contribution < 1.29 is 19.4 Å². The molecule has 5 nitrogen and oxygen atoms in total. The minimum atomic E-state index is -0.955. The fourth-order valence-electron chi connectivity index (χ4n) is 4.92. The van der Waals surface area contributed by atoms with Gasteiger partial charge in [-0.25, -0.2) is 4.79 Å². The highest BCUT2D eigenvalue weighted by Gasteiger charge is 2.46. The monoisotopic (exact) mass is 423 g/mol. The normalized spacial score (nSPS) is 25.4. The van der Waals surface area contributed by atoms with E-state index in [2.05, 4.69) is 24.3 Å². The first-order valence-corrected chi connectivity index (χ1v) is 11.2. The molecular formula is C26H33NO4. The molecule has 5 heteroatoms. The van der Waals surface area contributed by atoms with Crippen molar-refractivity contribution in [2.75, 3.05) is 19.8 Å². The van der Waals surface area contributed by atoms with Crippen LogP contribution in [0.1, 0.15) is 68.7 Å². The molecule has 0 aliphatic carbocycles. The molecule has 0 spiro atoms. The number of cyclic esters (lactones) is 1. The summed E-state index contributed by atoms with van der Waals surface area (Å²) in [6.07, 6.45) is 1.72. The molecule has 0 saturated carbocycles. The highest BCUT2D eigenvalue weighted by Crippen LogP contribution is 2.42. The van der Waals surface area contributed by atoms with E-state index in [-0.39, 0.29) is 12.1 Å². The Morgan fingerprint density at radius 2 is 1.87 bits per heavy atom. The Morgan fingerprint density at radius 3 is 2.45 bits per heavy atom. The van der Waals surface area contributed by atoms with Gasteiger partial charge in [0.15, 0.2) is 0 Å². The van der Waals surface area contributed by atoms with Crippen LogP contribution in [-0.2, 0) is 15.1 Å². The van der Waals surface area contributed by atoms with Gasteiger partial charge in [0.1, 0.15) is 5.60 Å². The molecule has 4 rings (SSSR count). The largest absolute Gasteiger partial charge is 0.438 e. The van der Waals surface area contributed by atoms with Gasteiger partial charge in [-0.3, -0.25) is 0 Å². The van der Waals surface area contributed by atoms with Gasteiger partial charge in [0.25, 0.3) is 0 Å². The second kappa shape index (κ2) is 8.64. The summed E-state index contributed by atoms with van der Waals surface area (Å²) in [6.45, 7) is 7.75. The molecule has 166 valence electrons. The summed E-state index contributed by atoms with van der Waals surface area (Å²) in [4.78, 5) is 15.0. The number of nitrogens with zero attached hydrogens (tertiary/aromatic N) is 1. The van der Waals surface area contributed by atoms with E-state index < -0.39 is 11.2 Å². The molecule has 2 aromatic rings. The Morgan fingerprint density at radius 1 is 1.16 bits per heavy atom. The molecule has 0 aromatic heterocycles. The first-order chi connectivity index (χ1) is 14.8. The maximum atomic E-state index is 13.2. The van der Waals surface area contributed by atoms with Gasteiger partial charge in [0, 0.05) is 31.9 Å². The van der Waals surface area contributed by atoms with Gasteiger partial charge in [-0.15, -0.1) is 0 Å². The fraction of sp³-hybridized carbons (Fsp3) is 0.500. The Kier molecular flexibility index (Phi) is 6.09. The molecule has 2 heterocycles. The van der Waals surface area contributed by atoms with Crippen molar-refractivity contribution in [3.63, 3.8) is 0 Å². The van der Waals surface area contributed by atoms with Gasteiger partial charge in [-0.2, -0.15) is 0 Å². The van der Waals surface area contributed by atoms with Gasteiger partial charge < -0.3 is 19.5 Å². The van der Waals surface area contributed by atoms with E-state index in [1.165, 1.54) is 5.56 Å². The molecular weight excluding hydrogens is 390 g/mol. The molecule has 3 atom stereocenters. The van der Waals surface area contributed by atoms with Crippen molar-refractivity contribution in [3.05, 3.63) is 71.3 Å². The van der Waals surface area contributed by atoms with Crippen LogP contribution in [0.5, 0.6) is 0 Å². The van der Waals surface area contributed by atoms with Crippen LogP contribution in [0.15, 0.2) is 54.6 Å². The van der Waals surface area contributed by atoms with Gasteiger partial charge in [0.2, 0.25) is 0 Å². The van der Waals surface area contributed by atoms with Crippen molar-refractivity contribution in [3.8, 4) is 0 Å². The maximum Gasteiger partial charge on any atom is 0.411 e. The zero-order valence-corrected chi connectivity index (χ0v) is 18.7. The van der Waals surface area contributed by atoms with Crippen molar-refractivity contribution in [1.29, 1.82) is 0 Å². The van der Waals surface area contributed by atoms with E-state index in [1.807, 2.05) is 37.3 Å². The summed E-state index contributed by atoms with van der Waals surface area (Å²) in [5.41, 5.74) is 1.54. The van der Waals surface area contributed by atoms with Crippen LogP contribution >= 0.6 is 0 Å². The van der Waals surface area contributed by atoms with Crippen LogP contribution in [0.25, 0.3) is 0 Å². The number of hydrogen-bond donors (Lipinski definition) is 1. The fourth-order valence-corrected chi connectivity index (χ4v) is 4.92. The number of rotatable bonds is 6. The van der Waals surface area contributed by atoms with Crippen LogP contribution in [0.4, 0.5) is 4.79 Å². The molecule has 1 unspecified atom stereocenters. The molecule has 0 bridgehead atoms. The quantitative estimate of drug-likeness (QED) is 0.698. The zero-order chi connectivity index (χ0) is 22.1. The smallest absolute Gasteiger partial charge is 0.411 e. The number of carbonyl (C=O) groups is 1. The Hall–Kier alpha value is -2.37. The highest BCUT2D eigenvalue weighted by atomic mass is 16.6. The SMILES string of the molecule is CC(c1ccc([C@@H]2CCOC2)cc1)N1CC[C@](CC(C)(C)O)(c2ccccc2)OC1=O. The number of aliphatic hydroxyl groups is 1. The summed E-state index contributed by atoms with van der Waals surface area (Å²) in [5, 5.41) is 10.5. The molecule has 1 N–H and O–H groups in total. The van der Waals surface area contributed by atoms with Gasteiger partial charge >= 0.3 is 6.09 Å². The second-order valence-electron chi connectivity index (χ2n) is 9.56. The first kappa shape index (κ1) is 21.8. The third-order valence-corrected chi connectivity index (χ3v) is 6.58. The lowest BCUT2D eigenvalue weighted by molar-refractivity contribution is -0.101. The highest BCUT2D eigenvalue weighted by molar-refractivity contribution is 5.70. The summed E-state index contributed by atoms with van der Waals surface area (Å²) < 4.78 is 11.6. The summed E-state index contributed by atoms with van der Waals surface area (Å²) in [5.74, 6) is 0.470. The molecule has 2 fully saturated rings. The third kappa shape index (κ3) is 4.78. The van der Waals surface area contributed by atoms with Gasteiger partial charge in [-0.05, 0) is 43.9 Å². The van der Waals surface area contributed by atoms with Crippen LogP contribution in [-0.4, -0.2) is 41.5 Å². The van der Waals surface area contributed by atoms with E-state index in [1.54, 1.807) is 18.7 Å². The number of ether oxygens (including phenoxy) is 2. The molecule has 2 aliphatic rings. The first-order valence-electron chi connectivity index (χ1n) is 11.2. The zero-order valence-electron chi connectivity index (χ0n) is 18.7. The Labute approximate surface area is 185 Å². The standard InChI is InChI=1S/C26H33NO4/c1-19(20-9-11-21(12-10-20)22-13-16-30-17-22)27-15-14-26(31-24(27)28,18-25(2,3)29)23-7-5-4-6-8-23/h4-12,19,22,29H,13-18H2,1-3H3/t19?,22-,26+/m1/s1. The van der Waals surface area contributed by atoms with Crippen molar-refractivity contribution in [1.82, 2.24) is 4.90 Å². The summed E-state index contributed by atoms with van der Waals surface area (Å²) in [7, 11) is 0. The maximum absolute atomic E-state index is 13.2. The lowest BCUT2D eigenvalue weighted by Gasteiger charge is -2.45. The number of hydrogen-bond acceptors (Lipinski definition) is 4. The number of benzene rings is 2. The van der Waals surface area contributed by atoms with Gasteiger partial charge in [-0.1, -0.05) is 54.6 Å². The van der Waals surface area contributed by atoms with Crippen LogP contribution < -0.4 is 0 Å². The lowest BCUT2D eigenvalue weighted by Crippen LogP contribution is -2.51. The van der Waals surface area contributed by atoms with Crippen LogP contribution in [0, 0.1) is 0 Å². The average molecular weight is 424 g/mol. The predicted molar refractivity (Wildman–Crippen MR) is 120 cm³/mol. The molecule has 2 aromatic carbocycles. The summed E-state index contributed by atoms with van der Waals surface area (Å²) >= 11 is 0. The minimum absolute atomic E-state index is 0.0858. The van der Waals surface area contributed by atoms with E-state index in [4.69, 9.17) is 9.47 Å². The van der Waals surface area contributed by atoms with Crippen molar-refractivity contribution in [2.24, 2.45) is 0 Å². The molecule has 31 heavy (non-hydrogen) atoms. The average Bonchev–Trinajstić information content (AvgIpc) is 3.28. The lowest BCUT2D eigenvalue weighted by atomic mass is 9.80. The second-order valence-corrected chi connectivity index (χ2v) is 9.56. The molecule has 0 radical (unpaired) electrons. The molecule has 2 saturated heterocycles. The molecule has 1 amide bonds. The summed E-state index contributed by atoms with van der Waals surface area (Å²) in [6, 6.07) is 18.2. The number of amides is 1. The minimum Gasteiger partial charge on any atom is -0.438 e. The van der Waals surface area contributed by atoms with Crippen molar-refractivity contribution in [2.45, 2.75) is 63.2 Å². The van der Waals surface area contributed by atoms with E-state index >= 15 is 0 Å². The van der Waals surface area contributed by atoms with E-state index in [9.17, 15) is 9.90 Å². The molecule has 2 aliphatic heterocycles. The Balaban J connectivity index is 1.51. The third-order valence-electron chi connectivity index (χ3n) is 6.58. The van der Waals surface area contributed by atoms with E-state index in [0.29, 0.717) is 25.3 Å². The van der Waals surface area contributed by atoms with Gasteiger partial charge in [0.05, 0.1) is 18.2 Å². The number of carbonyl (C=O) groups excluding carboxylic acids is 1. The topological polar surface area (TPSA) is 59.0 Å². The van der Waals surface area contributed by atoms with Crippen LogP contribution in [0.2, 0.25) is 0 Å². The predicted octanol–water partition coefficient (Wildman–Crippen LogP) is 5.15.